The van der Waals surface area contributed by atoms with Crippen LogP contribution in [-0.4, -0.2) is 22.5 Å². The summed E-state index contributed by atoms with van der Waals surface area (Å²) in [6.07, 6.45) is 0.900. The molecule has 0 spiro atoms. The van der Waals surface area contributed by atoms with Crippen molar-refractivity contribution in [2.75, 3.05) is 11.4 Å². The van der Waals surface area contributed by atoms with Gasteiger partial charge in [0.1, 0.15) is 5.75 Å². The average molecular weight is 298 g/mol. The highest BCUT2D eigenvalue weighted by Gasteiger charge is 2.26. The van der Waals surface area contributed by atoms with E-state index in [0.717, 1.165) is 11.1 Å². The summed E-state index contributed by atoms with van der Waals surface area (Å²) in [6, 6.07) is 11.1. The van der Waals surface area contributed by atoms with Crippen LogP contribution in [0.2, 0.25) is 0 Å². The number of nitrogens with zero attached hydrogens (tertiary/aromatic N) is 2. The van der Waals surface area contributed by atoms with Crippen molar-refractivity contribution >= 4 is 17.3 Å². The van der Waals surface area contributed by atoms with E-state index >= 15 is 0 Å². The van der Waals surface area contributed by atoms with Gasteiger partial charge >= 0.3 is 0 Å². The molecule has 0 saturated heterocycles. The Kier molecular flexibility index (Phi) is 3.50. The Balaban J connectivity index is 1.82. The lowest BCUT2D eigenvalue weighted by atomic mass is 10.1. The van der Waals surface area contributed by atoms with Crippen molar-refractivity contribution in [1.82, 2.24) is 0 Å². The largest absolute Gasteiger partial charge is 0.508 e. The summed E-state index contributed by atoms with van der Waals surface area (Å²) < 4.78 is 0. The Labute approximate surface area is 126 Å². The molecule has 1 aliphatic rings. The summed E-state index contributed by atoms with van der Waals surface area (Å²) in [5.41, 5.74) is 2.35. The van der Waals surface area contributed by atoms with E-state index in [4.69, 9.17) is 0 Å². The number of nitro groups is 1. The van der Waals surface area contributed by atoms with Crippen LogP contribution in [0.15, 0.2) is 42.5 Å². The molecule has 0 unspecified atom stereocenters. The van der Waals surface area contributed by atoms with Gasteiger partial charge in [-0.15, -0.1) is 0 Å². The van der Waals surface area contributed by atoms with Crippen molar-refractivity contribution < 1.29 is 14.8 Å². The number of aromatic hydroxyl groups is 1. The van der Waals surface area contributed by atoms with Crippen LogP contribution in [0.25, 0.3) is 0 Å². The van der Waals surface area contributed by atoms with Crippen LogP contribution in [0.4, 0.5) is 11.4 Å². The molecule has 1 heterocycles. The lowest BCUT2D eigenvalue weighted by Gasteiger charge is -2.17. The molecule has 3 rings (SSSR count). The molecule has 112 valence electrons. The number of rotatable bonds is 3. The predicted molar refractivity (Wildman–Crippen MR) is 81.0 cm³/mol. The maximum Gasteiger partial charge on any atom is 0.271 e. The number of carbonyl (C=O) groups excluding carboxylic acids is 1. The second kappa shape index (κ2) is 5.48. The molecular formula is C16H14N2O4. The third-order valence-electron chi connectivity index (χ3n) is 3.77. The maximum absolute atomic E-state index is 12.4. The molecule has 0 fully saturated rings. The number of anilines is 1. The fraction of sp³-hybridized carbons (Fsp3) is 0.188. The Morgan fingerprint density at radius 3 is 2.64 bits per heavy atom. The van der Waals surface area contributed by atoms with Gasteiger partial charge in [-0.05, 0) is 29.7 Å². The van der Waals surface area contributed by atoms with E-state index in [0.29, 0.717) is 18.7 Å². The van der Waals surface area contributed by atoms with Crippen LogP contribution < -0.4 is 4.90 Å². The van der Waals surface area contributed by atoms with Gasteiger partial charge in [-0.1, -0.05) is 18.2 Å². The number of benzene rings is 2. The minimum absolute atomic E-state index is 0.0110. The van der Waals surface area contributed by atoms with E-state index in [9.17, 15) is 20.0 Å². The molecule has 0 bridgehead atoms. The number of carbonyl (C=O) groups is 1. The van der Waals surface area contributed by atoms with Crippen LogP contribution in [0.1, 0.15) is 11.1 Å². The van der Waals surface area contributed by atoms with Crippen LogP contribution in [0.5, 0.6) is 5.75 Å². The number of non-ortho nitro benzene ring substituents is 1. The number of fused-ring (bicyclic) bond motifs is 1. The number of hydrogen-bond acceptors (Lipinski definition) is 4. The molecule has 6 nitrogen and oxygen atoms in total. The van der Waals surface area contributed by atoms with E-state index < -0.39 is 4.92 Å². The number of hydrogen-bond donors (Lipinski definition) is 1. The molecule has 0 atom stereocenters. The first-order valence-electron chi connectivity index (χ1n) is 6.90. The van der Waals surface area contributed by atoms with Crippen molar-refractivity contribution in [3.8, 4) is 5.75 Å². The van der Waals surface area contributed by atoms with Gasteiger partial charge in [0.15, 0.2) is 0 Å². The Morgan fingerprint density at radius 1 is 1.23 bits per heavy atom. The van der Waals surface area contributed by atoms with Gasteiger partial charge in [0.05, 0.1) is 17.0 Å². The first-order chi connectivity index (χ1) is 10.5. The smallest absolute Gasteiger partial charge is 0.271 e. The molecular weight excluding hydrogens is 284 g/mol. The highest BCUT2D eigenvalue weighted by Crippen LogP contribution is 2.32. The van der Waals surface area contributed by atoms with Crippen LogP contribution in [-0.2, 0) is 17.6 Å². The molecule has 2 aromatic carbocycles. The molecule has 0 saturated carbocycles. The van der Waals surface area contributed by atoms with Crippen molar-refractivity contribution in [2.45, 2.75) is 12.8 Å². The van der Waals surface area contributed by atoms with Crippen LogP contribution in [0, 0.1) is 10.1 Å². The predicted octanol–water partition coefficient (Wildman–Crippen LogP) is 2.43. The van der Waals surface area contributed by atoms with Gasteiger partial charge in [0.2, 0.25) is 5.91 Å². The van der Waals surface area contributed by atoms with Crippen LogP contribution >= 0.6 is 0 Å². The highest BCUT2D eigenvalue weighted by molar-refractivity contribution is 5.97. The zero-order valence-electron chi connectivity index (χ0n) is 11.7. The number of phenolic OH excluding ortho intramolecular Hbond substituents is 1. The SMILES string of the molecule is O=C(Cc1ccc(O)cc1)N1CCc2ccc([N+](=O)[O-])cc21. The third-order valence-corrected chi connectivity index (χ3v) is 3.77. The van der Waals surface area contributed by atoms with Gasteiger partial charge in [-0.2, -0.15) is 0 Å². The van der Waals surface area contributed by atoms with E-state index in [2.05, 4.69) is 0 Å². The molecule has 0 radical (unpaired) electrons. The number of amides is 1. The monoisotopic (exact) mass is 298 g/mol. The summed E-state index contributed by atoms with van der Waals surface area (Å²) in [6.45, 7) is 0.535. The minimum Gasteiger partial charge on any atom is -0.508 e. The summed E-state index contributed by atoms with van der Waals surface area (Å²) in [5, 5.41) is 20.1. The number of phenols is 1. The van der Waals surface area contributed by atoms with E-state index in [1.807, 2.05) is 0 Å². The van der Waals surface area contributed by atoms with Gasteiger partial charge < -0.3 is 10.0 Å². The summed E-state index contributed by atoms with van der Waals surface area (Å²) >= 11 is 0. The topological polar surface area (TPSA) is 83.7 Å². The Bertz CT molecular complexity index is 740. The second-order valence-corrected chi connectivity index (χ2v) is 5.21. The molecule has 1 N–H and O–H groups in total. The molecule has 0 aromatic heterocycles. The summed E-state index contributed by atoms with van der Waals surface area (Å²) in [4.78, 5) is 24.5. The molecule has 22 heavy (non-hydrogen) atoms. The van der Waals surface area contributed by atoms with Crippen molar-refractivity contribution in [1.29, 1.82) is 0 Å². The van der Waals surface area contributed by atoms with Crippen molar-refractivity contribution in [3.63, 3.8) is 0 Å². The highest BCUT2D eigenvalue weighted by atomic mass is 16.6. The normalized spacial score (nSPS) is 13.0. The molecule has 1 aliphatic heterocycles. The number of nitro benzene ring substituents is 1. The standard InChI is InChI=1S/C16H14N2O4/c19-14-5-1-11(2-6-14)9-16(20)17-8-7-12-3-4-13(18(21)22)10-15(12)17/h1-6,10,19H,7-9H2. The molecule has 6 heteroatoms. The zero-order valence-corrected chi connectivity index (χ0v) is 11.7. The van der Waals surface area contributed by atoms with E-state index in [1.165, 1.54) is 24.3 Å². The Hall–Kier alpha value is -2.89. The quantitative estimate of drug-likeness (QED) is 0.696. The molecule has 2 aromatic rings. The molecule has 1 amide bonds. The van der Waals surface area contributed by atoms with Crippen molar-refractivity contribution in [3.05, 3.63) is 63.7 Å². The van der Waals surface area contributed by atoms with Gasteiger partial charge in [-0.25, -0.2) is 0 Å². The zero-order chi connectivity index (χ0) is 15.7. The fourth-order valence-corrected chi connectivity index (χ4v) is 2.62. The first kappa shape index (κ1) is 14.1. The lowest BCUT2D eigenvalue weighted by Crippen LogP contribution is -2.30. The average Bonchev–Trinajstić information content (AvgIpc) is 2.92. The van der Waals surface area contributed by atoms with Crippen LogP contribution in [0.3, 0.4) is 0 Å². The second-order valence-electron chi connectivity index (χ2n) is 5.21. The van der Waals surface area contributed by atoms with Gasteiger partial charge in [0, 0.05) is 18.7 Å². The Morgan fingerprint density at radius 2 is 1.95 bits per heavy atom. The molecule has 0 aliphatic carbocycles. The summed E-state index contributed by atoms with van der Waals surface area (Å²) in [7, 11) is 0. The first-order valence-corrected chi connectivity index (χ1v) is 6.90. The van der Waals surface area contributed by atoms with Gasteiger partial charge in [0.25, 0.3) is 5.69 Å². The lowest BCUT2D eigenvalue weighted by molar-refractivity contribution is -0.384. The summed E-state index contributed by atoms with van der Waals surface area (Å²) in [5.74, 6) is 0.0447. The van der Waals surface area contributed by atoms with Gasteiger partial charge in [-0.3, -0.25) is 14.9 Å². The fourth-order valence-electron chi connectivity index (χ4n) is 2.62. The third kappa shape index (κ3) is 2.63. The minimum atomic E-state index is -0.457. The maximum atomic E-state index is 12.4. The van der Waals surface area contributed by atoms with E-state index in [-0.39, 0.29) is 23.8 Å². The van der Waals surface area contributed by atoms with Crippen molar-refractivity contribution in [2.24, 2.45) is 0 Å². The van der Waals surface area contributed by atoms with E-state index in [1.54, 1.807) is 23.1 Å².